The Morgan fingerprint density at radius 2 is 1.77 bits per heavy atom. The summed E-state index contributed by atoms with van der Waals surface area (Å²) in [6.45, 7) is 1.98. The van der Waals surface area contributed by atoms with E-state index in [4.69, 9.17) is 11.6 Å². The highest BCUT2D eigenvalue weighted by Crippen LogP contribution is 2.27. The monoisotopic (exact) mass is 432 g/mol. The smallest absolute Gasteiger partial charge is 0.267 e. The number of para-hydroxylation sites is 2. The fraction of sp³-hybridized carbons (Fsp3) is 0.0870. The fourth-order valence-electron chi connectivity index (χ4n) is 3.58. The zero-order valence-electron chi connectivity index (χ0n) is 16.1. The molecule has 2 heterocycles. The summed E-state index contributed by atoms with van der Waals surface area (Å²) in [5, 5.41) is 10.9. The normalized spacial score (nSPS) is 11.4. The molecule has 0 fully saturated rings. The minimum absolute atomic E-state index is 0.105. The first-order valence-corrected chi connectivity index (χ1v) is 10.8. The van der Waals surface area contributed by atoms with Crippen molar-refractivity contribution < 1.29 is 0 Å². The highest BCUT2D eigenvalue weighted by atomic mass is 35.5. The van der Waals surface area contributed by atoms with Gasteiger partial charge in [0.05, 0.1) is 16.6 Å². The van der Waals surface area contributed by atoms with E-state index in [0.717, 1.165) is 27.5 Å². The van der Waals surface area contributed by atoms with Crippen molar-refractivity contribution in [1.82, 2.24) is 19.2 Å². The molecule has 5 aromatic rings. The molecule has 0 unspecified atom stereocenters. The third-order valence-electron chi connectivity index (χ3n) is 5.01. The maximum absolute atomic E-state index is 13.4. The number of hydrogen-bond donors (Lipinski definition) is 0. The van der Waals surface area contributed by atoms with Crippen LogP contribution in [0.15, 0.2) is 82.7 Å². The van der Waals surface area contributed by atoms with Crippen LogP contribution in [-0.2, 0) is 5.75 Å². The van der Waals surface area contributed by atoms with Crippen LogP contribution in [0.4, 0.5) is 0 Å². The second-order valence-corrected chi connectivity index (χ2v) is 8.36. The Hall–Kier alpha value is -3.09. The van der Waals surface area contributed by atoms with Crippen molar-refractivity contribution in [2.75, 3.05) is 0 Å². The molecule has 5 nitrogen and oxygen atoms in total. The number of fused-ring (bicyclic) bond motifs is 3. The Bertz CT molecular complexity index is 1460. The number of rotatable bonds is 4. The molecule has 0 atom stereocenters. The average Bonchev–Trinajstić information content (AvgIpc) is 3.17. The van der Waals surface area contributed by atoms with Gasteiger partial charge in [-0.25, -0.2) is 4.57 Å². The predicted molar refractivity (Wildman–Crippen MR) is 122 cm³/mol. The summed E-state index contributed by atoms with van der Waals surface area (Å²) in [5.41, 5.74) is 3.58. The summed E-state index contributed by atoms with van der Waals surface area (Å²) in [4.78, 5) is 13.4. The van der Waals surface area contributed by atoms with Crippen molar-refractivity contribution in [3.63, 3.8) is 0 Å². The summed E-state index contributed by atoms with van der Waals surface area (Å²) in [6, 6.07) is 23.1. The first kappa shape index (κ1) is 18.9. The molecular formula is C23H17ClN4OS. The van der Waals surface area contributed by atoms with Gasteiger partial charge in [0.15, 0.2) is 5.16 Å². The average molecular weight is 433 g/mol. The van der Waals surface area contributed by atoms with Crippen LogP contribution in [0.1, 0.15) is 11.1 Å². The lowest BCUT2D eigenvalue weighted by atomic mass is 10.2. The van der Waals surface area contributed by atoms with Gasteiger partial charge in [-0.2, -0.15) is 0 Å². The topological polar surface area (TPSA) is 52.2 Å². The lowest BCUT2D eigenvalue weighted by molar-refractivity contribution is 0.928. The van der Waals surface area contributed by atoms with Crippen LogP contribution in [0.25, 0.3) is 22.4 Å². The van der Waals surface area contributed by atoms with Gasteiger partial charge in [0.1, 0.15) is 0 Å². The van der Waals surface area contributed by atoms with Crippen molar-refractivity contribution in [3.05, 3.63) is 99.3 Å². The van der Waals surface area contributed by atoms with Gasteiger partial charge in [0.25, 0.3) is 5.56 Å². The maximum atomic E-state index is 13.4. The van der Waals surface area contributed by atoms with Crippen LogP contribution in [-0.4, -0.2) is 19.2 Å². The number of aromatic nitrogens is 4. The van der Waals surface area contributed by atoms with Gasteiger partial charge < -0.3 is 0 Å². The molecule has 3 aromatic carbocycles. The molecule has 0 aliphatic rings. The molecule has 0 saturated heterocycles. The van der Waals surface area contributed by atoms with Crippen molar-refractivity contribution in [1.29, 1.82) is 0 Å². The van der Waals surface area contributed by atoms with Gasteiger partial charge >= 0.3 is 0 Å². The Morgan fingerprint density at radius 3 is 2.60 bits per heavy atom. The number of thioether (sulfide) groups is 1. The first-order valence-electron chi connectivity index (χ1n) is 9.45. The number of benzene rings is 3. The van der Waals surface area contributed by atoms with E-state index in [1.165, 1.54) is 0 Å². The minimum atomic E-state index is -0.105. The summed E-state index contributed by atoms with van der Waals surface area (Å²) >= 11 is 7.68. The standard InChI is InChI=1S/C23H17ClN4OS/c1-15-7-2-4-11-19(15)27-21(29)18-10-3-5-12-20(18)28-22(27)25-26-23(28)30-14-16-8-6-9-17(24)13-16/h2-13H,14H2,1H3. The van der Waals surface area contributed by atoms with E-state index in [-0.39, 0.29) is 5.56 Å². The van der Waals surface area contributed by atoms with Gasteiger partial charge in [-0.1, -0.05) is 65.8 Å². The summed E-state index contributed by atoms with van der Waals surface area (Å²) in [5.74, 6) is 1.20. The molecular weight excluding hydrogens is 416 g/mol. The maximum Gasteiger partial charge on any atom is 0.267 e. The van der Waals surface area contributed by atoms with Crippen LogP contribution >= 0.6 is 23.4 Å². The molecule has 0 aliphatic carbocycles. The van der Waals surface area contributed by atoms with Gasteiger partial charge in [-0.15, -0.1) is 10.2 Å². The first-order chi connectivity index (χ1) is 14.6. The quantitative estimate of drug-likeness (QED) is 0.362. The molecule has 30 heavy (non-hydrogen) atoms. The molecule has 2 aromatic heterocycles. The van der Waals surface area contributed by atoms with E-state index in [1.54, 1.807) is 16.3 Å². The lowest BCUT2D eigenvalue weighted by Crippen LogP contribution is -2.22. The van der Waals surface area contributed by atoms with Crippen LogP contribution in [0, 0.1) is 6.92 Å². The van der Waals surface area contributed by atoms with E-state index in [2.05, 4.69) is 10.2 Å². The van der Waals surface area contributed by atoms with Gasteiger partial charge in [0, 0.05) is 10.8 Å². The Kier molecular flexibility index (Phi) is 4.81. The molecule has 0 spiro atoms. The Labute approximate surface area is 182 Å². The highest BCUT2D eigenvalue weighted by molar-refractivity contribution is 7.98. The fourth-order valence-corrected chi connectivity index (χ4v) is 4.67. The van der Waals surface area contributed by atoms with E-state index in [0.29, 0.717) is 21.9 Å². The summed E-state index contributed by atoms with van der Waals surface area (Å²) in [7, 11) is 0. The van der Waals surface area contributed by atoms with Gasteiger partial charge in [-0.3, -0.25) is 9.20 Å². The van der Waals surface area contributed by atoms with Crippen molar-refractivity contribution >= 4 is 40.0 Å². The molecule has 7 heteroatoms. The lowest BCUT2D eigenvalue weighted by Gasteiger charge is -2.13. The SMILES string of the molecule is Cc1ccccc1-n1c(=O)c2ccccc2n2c(SCc3cccc(Cl)c3)nnc12. The third kappa shape index (κ3) is 3.18. The molecule has 0 saturated carbocycles. The van der Waals surface area contributed by atoms with Crippen molar-refractivity contribution in [2.24, 2.45) is 0 Å². The minimum Gasteiger partial charge on any atom is -0.268 e. The highest BCUT2D eigenvalue weighted by Gasteiger charge is 2.18. The van der Waals surface area contributed by atoms with E-state index >= 15 is 0 Å². The zero-order valence-corrected chi connectivity index (χ0v) is 17.7. The molecule has 0 bridgehead atoms. The van der Waals surface area contributed by atoms with E-state index < -0.39 is 0 Å². The zero-order chi connectivity index (χ0) is 20.7. The summed E-state index contributed by atoms with van der Waals surface area (Å²) < 4.78 is 3.60. The second kappa shape index (κ2) is 7.63. The van der Waals surface area contributed by atoms with Crippen LogP contribution in [0.2, 0.25) is 5.02 Å². The molecule has 0 radical (unpaired) electrons. The molecule has 148 valence electrons. The van der Waals surface area contributed by atoms with Crippen molar-refractivity contribution in [3.8, 4) is 5.69 Å². The number of halogens is 1. The molecule has 0 N–H and O–H groups in total. The van der Waals surface area contributed by atoms with Gasteiger partial charge in [0.2, 0.25) is 5.78 Å². The Balaban J connectivity index is 1.73. The number of aryl methyl sites for hydroxylation is 1. The van der Waals surface area contributed by atoms with Crippen molar-refractivity contribution in [2.45, 2.75) is 17.8 Å². The molecule has 0 aliphatic heterocycles. The summed E-state index contributed by atoms with van der Waals surface area (Å²) in [6.07, 6.45) is 0. The van der Waals surface area contributed by atoms with Crippen LogP contribution in [0.5, 0.6) is 0 Å². The van der Waals surface area contributed by atoms with E-state index in [1.807, 2.05) is 84.1 Å². The van der Waals surface area contributed by atoms with Gasteiger partial charge in [-0.05, 0) is 48.4 Å². The Morgan fingerprint density at radius 1 is 0.967 bits per heavy atom. The largest absolute Gasteiger partial charge is 0.268 e. The third-order valence-corrected chi connectivity index (χ3v) is 6.24. The second-order valence-electron chi connectivity index (χ2n) is 6.98. The number of hydrogen-bond acceptors (Lipinski definition) is 4. The molecule has 0 amide bonds. The van der Waals surface area contributed by atoms with Crippen LogP contribution in [0.3, 0.4) is 0 Å². The van der Waals surface area contributed by atoms with E-state index in [9.17, 15) is 4.79 Å². The van der Waals surface area contributed by atoms with Crippen LogP contribution < -0.4 is 5.56 Å². The predicted octanol–water partition coefficient (Wildman–Crippen LogP) is 5.29. The molecule has 5 rings (SSSR count). The number of nitrogens with zero attached hydrogens (tertiary/aromatic N) is 4.